The van der Waals surface area contributed by atoms with Crippen LogP contribution >= 0.6 is 0 Å². The summed E-state index contributed by atoms with van der Waals surface area (Å²) in [5.41, 5.74) is 2.47. The average Bonchev–Trinajstić information content (AvgIpc) is 3.26. The van der Waals surface area contributed by atoms with E-state index in [1.54, 1.807) is 12.1 Å². The Bertz CT molecular complexity index is 1700. The smallest absolute Gasteiger partial charge is 0.267 e. The standard InChI is InChI=1S/C26H21N5O3S/c1-29(32)20-9-6-10-22(16-20)35(33,34)31-17-30(21-14-13-18-7-2-3-8-19(18)15-21)25-26(31)28-24-12-5-4-11-23(24)27-25/h2-16,32H,17H2,1H3. The zero-order valence-corrected chi connectivity index (χ0v) is 19.6. The van der Waals surface area contributed by atoms with E-state index in [9.17, 15) is 13.6 Å². The number of hydroxylamine groups is 1. The molecule has 0 saturated heterocycles. The van der Waals surface area contributed by atoms with E-state index in [0.29, 0.717) is 22.5 Å². The molecule has 0 unspecified atom stereocenters. The van der Waals surface area contributed by atoms with Gasteiger partial charge in [-0.15, -0.1) is 0 Å². The van der Waals surface area contributed by atoms with Crippen LogP contribution in [0.4, 0.5) is 23.0 Å². The number of fused-ring (bicyclic) bond motifs is 3. The van der Waals surface area contributed by atoms with Crippen LogP contribution in [0.15, 0.2) is 95.9 Å². The minimum atomic E-state index is -4.01. The minimum Gasteiger partial charge on any atom is -0.304 e. The van der Waals surface area contributed by atoms with Gasteiger partial charge in [0.05, 0.1) is 21.6 Å². The minimum absolute atomic E-state index is 0.0194. The first-order chi connectivity index (χ1) is 16.9. The van der Waals surface area contributed by atoms with Crippen LogP contribution < -0.4 is 14.3 Å². The molecule has 174 valence electrons. The van der Waals surface area contributed by atoms with Crippen molar-refractivity contribution in [2.75, 3.05) is 28.0 Å². The number of nitrogens with zero attached hydrogens (tertiary/aromatic N) is 5. The van der Waals surface area contributed by atoms with Gasteiger partial charge in [-0.25, -0.2) is 22.7 Å². The highest BCUT2D eigenvalue weighted by molar-refractivity contribution is 7.92. The number of hydrogen-bond acceptors (Lipinski definition) is 7. The molecule has 0 aliphatic carbocycles. The molecule has 0 spiro atoms. The molecular formula is C26H21N5O3S. The Morgan fingerprint density at radius 3 is 2.23 bits per heavy atom. The van der Waals surface area contributed by atoms with E-state index in [2.05, 4.69) is 0 Å². The van der Waals surface area contributed by atoms with Crippen LogP contribution in [-0.2, 0) is 10.0 Å². The molecule has 1 aliphatic rings. The fraction of sp³-hybridized carbons (Fsp3) is 0.0769. The maximum Gasteiger partial charge on any atom is 0.267 e. The van der Waals surface area contributed by atoms with E-state index in [1.807, 2.05) is 71.6 Å². The molecule has 2 heterocycles. The lowest BCUT2D eigenvalue weighted by molar-refractivity contribution is 0.279. The van der Waals surface area contributed by atoms with Crippen molar-refractivity contribution in [1.82, 2.24) is 9.97 Å². The summed E-state index contributed by atoms with van der Waals surface area (Å²) in [5.74, 6) is 0.734. The number of sulfonamides is 1. The predicted molar refractivity (Wildman–Crippen MR) is 137 cm³/mol. The van der Waals surface area contributed by atoms with Crippen LogP contribution in [0.3, 0.4) is 0 Å². The van der Waals surface area contributed by atoms with Crippen molar-refractivity contribution in [3.8, 4) is 0 Å². The Labute approximate surface area is 202 Å². The third-order valence-electron chi connectivity index (χ3n) is 6.12. The van der Waals surface area contributed by atoms with E-state index in [0.717, 1.165) is 21.5 Å². The van der Waals surface area contributed by atoms with Gasteiger partial charge >= 0.3 is 0 Å². The summed E-state index contributed by atoms with van der Waals surface area (Å²) in [7, 11) is -2.57. The topological polar surface area (TPSA) is 89.9 Å². The van der Waals surface area contributed by atoms with Gasteiger partial charge in [-0.05, 0) is 53.2 Å². The third kappa shape index (κ3) is 3.52. The van der Waals surface area contributed by atoms with Crippen LogP contribution in [0.1, 0.15) is 0 Å². The number of aromatic nitrogens is 2. The highest BCUT2D eigenvalue weighted by Gasteiger charge is 2.39. The van der Waals surface area contributed by atoms with Crippen molar-refractivity contribution in [2.45, 2.75) is 4.90 Å². The first kappa shape index (κ1) is 21.3. The normalized spacial score (nSPS) is 13.4. The van der Waals surface area contributed by atoms with Crippen molar-refractivity contribution < 1.29 is 13.6 Å². The van der Waals surface area contributed by atoms with Crippen LogP contribution in [0.25, 0.3) is 21.8 Å². The van der Waals surface area contributed by atoms with Crippen molar-refractivity contribution >= 4 is 54.8 Å². The second kappa shape index (κ2) is 7.93. The van der Waals surface area contributed by atoms with Gasteiger partial charge in [0.25, 0.3) is 10.0 Å². The van der Waals surface area contributed by atoms with E-state index in [1.165, 1.54) is 23.5 Å². The Hall–Kier alpha value is -4.21. The molecule has 6 rings (SSSR count). The fourth-order valence-electron chi connectivity index (χ4n) is 4.30. The predicted octanol–water partition coefficient (Wildman–Crippen LogP) is 4.91. The van der Waals surface area contributed by atoms with Crippen LogP contribution in [0.5, 0.6) is 0 Å². The molecule has 0 atom stereocenters. The van der Waals surface area contributed by atoms with Gasteiger partial charge in [0.15, 0.2) is 11.6 Å². The number of para-hydroxylation sites is 2. The molecule has 5 aromatic rings. The molecule has 1 N–H and O–H groups in total. The summed E-state index contributed by atoms with van der Waals surface area (Å²) >= 11 is 0. The van der Waals surface area contributed by atoms with Gasteiger partial charge < -0.3 is 4.90 Å². The Morgan fingerprint density at radius 2 is 1.49 bits per heavy atom. The molecule has 0 fully saturated rings. The van der Waals surface area contributed by atoms with Crippen molar-refractivity contribution in [3.63, 3.8) is 0 Å². The molecule has 9 heteroatoms. The molecule has 0 bridgehead atoms. The Morgan fingerprint density at radius 1 is 0.800 bits per heavy atom. The van der Waals surface area contributed by atoms with Gasteiger partial charge in [-0.3, -0.25) is 10.3 Å². The molecule has 1 aromatic heterocycles. The van der Waals surface area contributed by atoms with Gasteiger partial charge in [0.2, 0.25) is 0 Å². The molecule has 35 heavy (non-hydrogen) atoms. The molecule has 0 saturated carbocycles. The molecule has 0 amide bonds. The molecular weight excluding hydrogens is 462 g/mol. The summed E-state index contributed by atoms with van der Waals surface area (Å²) in [4.78, 5) is 11.4. The zero-order valence-electron chi connectivity index (χ0n) is 18.8. The lowest BCUT2D eigenvalue weighted by Crippen LogP contribution is -2.34. The number of rotatable bonds is 4. The highest BCUT2D eigenvalue weighted by Crippen LogP contribution is 2.42. The fourth-order valence-corrected chi connectivity index (χ4v) is 5.70. The number of hydrogen-bond donors (Lipinski definition) is 1. The number of benzene rings is 4. The van der Waals surface area contributed by atoms with Gasteiger partial charge in [-0.1, -0.05) is 48.5 Å². The van der Waals surface area contributed by atoms with E-state index in [4.69, 9.17) is 9.97 Å². The lowest BCUT2D eigenvalue weighted by atomic mass is 10.1. The first-order valence-electron chi connectivity index (χ1n) is 11.0. The maximum atomic E-state index is 13.8. The van der Waals surface area contributed by atoms with Crippen molar-refractivity contribution in [3.05, 3.63) is 91.0 Å². The summed E-state index contributed by atoms with van der Waals surface area (Å²) in [6, 6.07) is 27.6. The van der Waals surface area contributed by atoms with E-state index < -0.39 is 10.0 Å². The molecule has 4 aromatic carbocycles. The second-order valence-corrected chi connectivity index (χ2v) is 10.2. The van der Waals surface area contributed by atoms with Crippen LogP contribution in [0.2, 0.25) is 0 Å². The van der Waals surface area contributed by atoms with Crippen LogP contribution in [0, 0.1) is 0 Å². The highest BCUT2D eigenvalue weighted by atomic mass is 32.2. The summed E-state index contributed by atoms with van der Waals surface area (Å²) in [5, 5.41) is 12.8. The molecule has 1 aliphatic heterocycles. The Kier molecular flexibility index (Phi) is 4.84. The molecule has 8 nitrogen and oxygen atoms in total. The van der Waals surface area contributed by atoms with E-state index in [-0.39, 0.29) is 17.4 Å². The second-order valence-electron chi connectivity index (χ2n) is 8.33. The van der Waals surface area contributed by atoms with Crippen molar-refractivity contribution in [1.29, 1.82) is 0 Å². The van der Waals surface area contributed by atoms with Gasteiger partial charge in [-0.2, -0.15) is 0 Å². The summed E-state index contributed by atoms with van der Waals surface area (Å²) in [6.07, 6.45) is 0. The summed E-state index contributed by atoms with van der Waals surface area (Å²) < 4.78 is 28.9. The first-order valence-corrected chi connectivity index (χ1v) is 12.4. The quantitative estimate of drug-likeness (QED) is 0.363. The lowest BCUT2D eigenvalue weighted by Gasteiger charge is -2.21. The molecule has 0 radical (unpaired) electrons. The SMILES string of the molecule is CN(O)c1cccc(S(=O)(=O)N2CN(c3ccc4ccccc4c3)c3nc4ccccc4nc32)c1. The van der Waals surface area contributed by atoms with Crippen LogP contribution in [-0.4, -0.2) is 37.3 Å². The largest absolute Gasteiger partial charge is 0.304 e. The maximum absolute atomic E-state index is 13.8. The van der Waals surface area contributed by atoms with Gasteiger partial charge in [0.1, 0.15) is 6.67 Å². The Balaban J connectivity index is 1.53. The summed E-state index contributed by atoms with van der Waals surface area (Å²) in [6.45, 7) is 0.0194. The van der Waals surface area contributed by atoms with Crippen molar-refractivity contribution in [2.24, 2.45) is 0 Å². The average molecular weight is 484 g/mol. The van der Waals surface area contributed by atoms with Gasteiger partial charge in [0, 0.05) is 12.7 Å². The third-order valence-corrected chi connectivity index (χ3v) is 7.84. The van der Waals surface area contributed by atoms with E-state index >= 15 is 0 Å². The zero-order chi connectivity index (χ0) is 24.2. The monoisotopic (exact) mass is 483 g/mol. The number of anilines is 4.